The Bertz CT molecular complexity index is 919. The summed E-state index contributed by atoms with van der Waals surface area (Å²) in [6.45, 7) is 5.93. The molecular formula is C20H21N3O2S. The number of Topliss-reactive ketones (excluding diaryl/α,β-unsaturated/α-hetero) is 1. The van der Waals surface area contributed by atoms with E-state index in [0.717, 1.165) is 22.4 Å². The van der Waals surface area contributed by atoms with Crippen molar-refractivity contribution in [3.05, 3.63) is 59.2 Å². The van der Waals surface area contributed by atoms with Crippen molar-refractivity contribution in [3.8, 4) is 17.1 Å². The molecule has 1 atom stereocenters. The van der Waals surface area contributed by atoms with Gasteiger partial charge in [0.1, 0.15) is 5.75 Å². The molecule has 0 radical (unpaired) electrons. The van der Waals surface area contributed by atoms with E-state index in [1.54, 1.807) is 7.11 Å². The van der Waals surface area contributed by atoms with E-state index in [0.29, 0.717) is 11.0 Å². The number of benzene rings is 2. The molecule has 0 amide bonds. The number of carbonyl (C=O) groups is 1. The summed E-state index contributed by atoms with van der Waals surface area (Å²) in [7, 11) is 1.63. The number of nitrogens with one attached hydrogen (secondary N) is 1. The van der Waals surface area contributed by atoms with Gasteiger partial charge in [-0.15, -0.1) is 5.10 Å². The van der Waals surface area contributed by atoms with Crippen LogP contribution in [0.3, 0.4) is 0 Å². The van der Waals surface area contributed by atoms with E-state index in [4.69, 9.17) is 4.74 Å². The van der Waals surface area contributed by atoms with Crippen molar-refractivity contribution in [2.24, 2.45) is 0 Å². The normalized spacial score (nSPS) is 12.0. The summed E-state index contributed by atoms with van der Waals surface area (Å²) >= 11 is 1.35. The Morgan fingerprint density at radius 1 is 1.12 bits per heavy atom. The predicted molar refractivity (Wildman–Crippen MR) is 104 cm³/mol. The van der Waals surface area contributed by atoms with E-state index in [2.05, 4.69) is 15.2 Å². The highest BCUT2D eigenvalue weighted by Crippen LogP contribution is 2.26. The lowest BCUT2D eigenvalue weighted by Crippen LogP contribution is -2.14. The summed E-state index contributed by atoms with van der Waals surface area (Å²) < 4.78 is 5.16. The maximum absolute atomic E-state index is 12.7. The van der Waals surface area contributed by atoms with E-state index >= 15 is 0 Å². The number of aromatic amines is 1. The van der Waals surface area contributed by atoms with Gasteiger partial charge in [-0.2, -0.15) is 0 Å². The van der Waals surface area contributed by atoms with Crippen molar-refractivity contribution < 1.29 is 9.53 Å². The van der Waals surface area contributed by atoms with Crippen LogP contribution in [0.4, 0.5) is 0 Å². The molecule has 3 rings (SSSR count). The fourth-order valence-corrected chi connectivity index (χ4v) is 3.32. The minimum Gasteiger partial charge on any atom is -0.497 e. The third kappa shape index (κ3) is 3.96. The molecule has 2 aromatic carbocycles. The summed E-state index contributed by atoms with van der Waals surface area (Å²) in [5, 5.41) is 7.44. The molecule has 1 N–H and O–H groups in total. The van der Waals surface area contributed by atoms with Crippen LogP contribution in [0, 0.1) is 13.8 Å². The number of aryl methyl sites for hydroxylation is 2. The minimum absolute atomic E-state index is 0.0777. The predicted octanol–water partition coefficient (Wildman–Crippen LogP) is 4.46. The number of H-pyrrole nitrogens is 1. The quantitative estimate of drug-likeness (QED) is 0.514. The van der Waals surface area contributed by atoms with E-state index in [-0.39, 0.29) is 11.0 Å². The van der Waals surface area contributed by atoms with Crippen LogP contribution in [0.15, 0.2) is 47.6 Å². The average Bonchev–Trinajstić information content (AvgIpc) is 3.12. The van der Waals surface area contributed by atoms with E-state index in [1.807, 2.05) is 63.2 Å². The van der Waals surface area contributed by atoms with Crippen molar-refractivity contribution in [1.82, 2.24) is 15.2 Å². The van der Waals surface area contributed by atoms with Crippen LogP contribution < -0.4 is 4.74 Å². The number of nitrogens with zero attached hydrogens (tertiary/aromatic N) is 2. The molecule has 0 saturated heterocycles. The summed E-state index contributed by atoms with van der Waals surface area (Å²) in [6.07, 6.45) is 0. The smallest absolute Gasteiger partial charge is 0.209 e. The van der Waals surface area contributed by atoms with Gasteiger partial charge >= 0.3 is 0 Å². The molecule has 3 aromatic rings. The first-order chi connectivity index (χ1) is 12.5. The van der Waals surface area contributed by atoms with Crippen molar-refractivity contribution in [2.75, 3.05) is 7.11 Å². The van der Waals surface area contributed by atoms with Crippen LogP contribution in [0.25, 0.3) is 11.4 Å². The lowest BCUT2D eigenvalue weighted by molar-refractivity contribution is 0.0994. The Labute approximate surface area is 157 Å². The van der Waals surface area contributed by atoms with E-state index in [1.165, 1.54) is 17.3 Å². The molecule has 1 heterocycles. The molecule has 134 valence electrons. The number of hydrogen-bond donors (Lipinski definition) is 1. The second kappa shape index (κ2) is 7.74. The van der Waals surface area contributed by atoms with E-state index in [9.17, 15) is 4.79 Å². The van der Waals surface area contributed by atoms with Crippen molar-refractivity contribution in [2.45, 2.75) is 31.2 Å². The largest absolute Gasteiger partial charge is 0.497 e. The van der Waals surface area contributed by atoms with Gasteiger partial charge in [-0.05, 0) is 62.2 Å². The topological polar surface area (TPSA) is 67.9 Å². The van der Waals surface area contributed by atoms with Crippen LogP contribution in [-0.2, 0) is 0 Å². The first-order valence-electron chi connectivity index (χ1n) is 8.33. The van der Waals surface area contributed by atoms with E-state index < -0.39 is 0 Å². The van der Waals surface area contributed by atoms with Gasteiger partial charge in [-0.25, -0.2) is 4.98 Å². The molecule has 0 bridgehead atoms. The zero-order chi connectivity index (χ0) is 18.7. The molecule has 0 spiro atoms. The van der Waals surface area contributed by atoms with Crippen LogP contribution in [0.2, 0.25) is 0 Å². The van der Waals surface area contributed by atoms with Crippen molar-refractivity contribution in [3.63, 3.8) is 0 Å². The van der Waals surface area contributed by atoms with Gasteiger partial charge in [0.25, 0.3) is 0 Å². The van der Waals surface area contributed by atoms with Gasteiger partial charge in [-0.3, -0.25) is 9.89 Å². The second-order valence-corrected chi connectivity index (χ2v) is 7.43. The number of rotatable bonds is 6. The van der Waals surface area contributed by atoms with Gasteiger partial charge in [0, 0.05) is 11.1 Å². The molecule has 0 saturated carbocycles. The number of methoxy groups -OCH3 is 1. The van der Waals surface area contributed by atoms with Crippen LogP contribution in [0.1, 0.15) is 28.4 Å². The van der Waals surface area contributed by atoms with Crippen LogP contribution >= 0.6 is 11.8 Å². The van der Waals surface area contributed by atoms with Crippen LogP contribution in [0.5, 0.6) is 5.75 Å². The molecule has 26 heavy (non-hydrogen) atoms. The molecule has 5 nitrogen and oxygen atoms in total. The number of hydrogen-bond acceptors (Lipinski definition) is 5. The summed E-state index contributed by atoms with van der Waals surface area (Å²) in [4.78, 5) is 17.1. The maximum Gasteiger partial charge on any atom is 0.209 e. The Morgan fingerprint density at radius 3 is 2.50 bits per heavy atom. The monoisotopic (exact) mass is 367 g/mol. The Morgan fingerprint density at radius 2 is 1.85 bits per heavy atom. The van der Waals surface area contributed by atoms with Gasteiger partial charge < -0.3 is 4.74 Å². The van der Waals surface area contributed by atoms with Gasteiger partial charge in [0.15, 0.2) is 11.6 Å². The number of ether oxygens (including phenoxy) is 1. The highest BCUT2D eigenvalue weighted by atomic mass is 32.2. The molecular weight excluding hydrogens is 346 g/mol. The highest BCUT2D eigenvalue weighted by Gasteiger charge is 2.19. The fourth-order valence-electron chi connectivity index (χ4n) is 2.52. The number of aromatic nitrogens is 3. The van der Waals surface area contributed by atoms with Gasteiger partial charge in [0.2, 0.25) is 5.16 Å². The number of thioether (sulfide) groups is 1. The zero-order valence-corrected chi connectivity index (χ0v) is 16.1. The lowest BCUT2D eigenvalue weighted by Gasteiger charge is -2.09. The first kappa shape index (κ1) is 18.2. The maximum atomic E-state index is 12.7. The summed E-state index contributed by atoms with van der Waals surface area (Å²) in [5.41, 5.74) is 3.94. The molecule has 0 unspecified atom stereocenters. The summed E-state index contributed by atoms with van der Waals surface area (Å²) in [5.74, 6) is 1.53. The Kier molecular flexibility index (Phi) is 5.42. The SMILES string of the molecule is COc1ccc(-c2nc(S[C@H](C)C(=O)c3ccc(C)c(C)c3)n[nH]2)cc1. The Balaban J connectivity index is 1.71. The third-order valence-electron chi connectivity index (χ3n) is 4.27. The number of ketones is 1. The van der Waals surface area contributed by atoms with Gasteiger partial charge in [0.05, 0.1) is 12.4 Å². The lowest BCUT2D eigenvalue weighted by atomic mass is 10.0. The summed E-state index contributed by atoms with van der Waals surface area (Å²) in [6, 6.07) is 13.4. The molecule has 6 heteroatoms. The Hall–Kier alpha value is -2.60. The van der Waals surface area contributed by atoms with Crippen LogP contribution in [-0.4, -0.2) is 33.3 Å². The highest BCUT2D eigenvalue weighted by molar-refractivity contribution is 8.00. The standard InChI is InChI=1S/C20H21N3O2S/c1-12-5-6-16(11-13(12)2)18(24)14(3)26-20-21-19(22-23-20)15-7-9-17(25-4)10-8-15/h5-11,14H,1-4H3,(H,21,22,23)/t14-/m1/s1. The molecule has 0 aliphatic heterocycles. The fraction of sp³-hybridized carbons (Fsp3) is 0.250. The molecule has 0 aliphatic rings. The first-order valence-corrected chi connectivity index (χ1v) is 9.21. The molecule has 1 aromatic heterocycles. The zero-order valence-electron chi connectivity index (χ0n) is 15.2. The number of carbonyl (C=O) groups excluding carboxylic acids is 1. The van der Waals surface area contributed by atoms with Gasteiger partial charge in [-0.1, -0.05) is 23.9 Å². The average molecular weight is 367 g/mol. The van der Waals surface area contributed by atoms with Crippen molar-refractivity contribution >= 4 is 17.5 Å². The molecule has 0 aliphatic carbocycles. The minimum atomic E-state index is -0.267. The second-order valence-electron chi connectivity index (χ2n) is 6.12. The van der Waals surface area contributed by atoms with Crippen molar-refractivity contribution in [1.29, 1.82) is 0 Å². The third-order valence-corrected chi connectivity index (χ3v) is 5.23. The molecule has 0 fully saturated rings.